The summed E-state index contributed by atoms with van der Waals surface area (Å²) in [4.78, 5) is 27.9. The molecule has 0 unspecified atom stereocenters. The van der Waals surface area contributed by atoms with Crippen LogP contribution in [0, 0.1) is 0 Å². The summed E-state index contributed by atoms with van der Waals surface area (Å²) in [6.45, 7) is 0.212. The van der Waals surface area contributed by atoms with Crippen molar-refractivity contribution in [3.05, 3.63) is 60.6 Å². The molecular formula is C17H16N6O2. The second-order valence-corrected chi connectivity index (χ2v) is 5.10. The number of rotatable bonds is 7. The highest BCUT2D eigenvalue weighted by atomic mass is 16.4. The maximum Gasteiger partial charge on any atom is 0.322 e. The summed E-state index contributed by atoms with van der Waals surface area (Å²) in [5.41, 5.74) is 2.12. The summed E-state index contributed by atoms with van der Waals surface area (Å²) in [6, 6.07) is 12.9. The summed E-state index contributed by atoms with van der Waals surface area (Å²) in [5, 5.41) is 14.7. The molecule has 0 aromatic carbocycles. The van der Waals surface area contributed by atoms with Gasteiger partial charge in [0.15, 0.2) is 0 Å². The molecule has 126 valence electrons. The average Bonchev–Trinajstić information content (AvgIpc) is 2.66. The zero-order valence-corrected chi connectivity index (χ0v) is 13.3. The van der Waals surface area contributed by atoms with Gasteiger partial charge in [0.05, 0.1) is 23.6 Å². The Morgan fingerprint density at radius 3 is 2.44 bits per heavy atom. The smallest absolute Gasteiger partial charge is 0.322 e. The van der Waals surface area contributed by atoms with Crippen LogP contribution in [0.2, 0.25) is 0 Å². The van der Waals surface area contributed by atoms with Crippen LogP contribution in [0.3, 0.4) is 0 Å². The third-order valence-electron chi connectivity index (χ3n) is 3.23. The maximum atomic E-state index is 10.8. The molecular weight excluding hydrogens is 320 g/mol. The topological polar surface area (TPSA) is 113 Å². The van der Waals surface area contributed by atoms with Crippen molar-refractivity contribution in [1.82, 2.24) is 19.9 Å². The Balaban J connectivity index is 1.85. The minimum atomic E-state index is -0.991. The molecule has 0 radical (unpaired) electrons. The number of nitrogens with one attached hydrogen (secondary N) is 2. The highest BCUT2D eigenvalue weighted by molar-refractivity contribution is 5.72. The second-order valence-electron chi connectivity index (χ2n) is 5.10. The quantitative estimate of drug-likeness (QED) is 0.601. The first-order valence-corrected chi connectivity index (χ1v) is 7.60. The van der Waals surface area contributed by atoms with Gasteiger partial charge in [-0.1, -0.05) is 12.1 Å². The van der Waals surface area contributed by atoms with E-state index in [1.54, 1.807) is 18.5 Å². The molecule has 8 heteroatoms. The van der Waals surface area contributed by atoms with Crippen molar-refractivity contribution in [2.24, 2.45) is 0 Å². The van der Waals surface area contributed by atoms with E-state index < -0.39 is 5.97 Å². The molecule has 0 atom stereocenters. The van der Waals surface area contributed by atoms with Crippen LogP contribution in [0.25, 0.3) is 11.4 Å². The third-order valence-corrected chi connectivity index (χ3v) is 3.23. The Morgan fingerprint density at radius 1 is 0.960 bits per heavy atom. The van der Waals surface area contributed by atoms with Gasteiger partial charge >= 0.3 is 5.97 Å². The fourth-order valence-electron chi connectivity index (χ4n) is 2.10. The monoisotopic (exact) mass is 336 g/mol. The van der Waals surface area contributed by atoms with Gasteiger partial charge < -0.3 is 15.7 Å². The van der Waals surface area contributed by atoms with Crippen molar-refractivity contribution in [1.29, 1.82) is 0 Å². The number of hydrogen-bond donors (Lipinski definition) is 3. The van der Waals surface area contributed by atoms with Gasteiger partial charge in [0.1, 0.15) is 12.4 Å². The van der Waals surface area contributed by atoms with E-state index in [9.17, 15) is 4.79 Å². The van der Waals surface area contributed by atoms with Crippen LogP contribution in [0.4, 0.5) is 11.8 Å². The highest BCUT2D eigenvalue weighted by Gasteiger charge is 2.09. The van der Waals surface area contributed by atoms with Gasteiger partial charge in [-0.15, -0.1) is 0 Å². The molecule has 3 aromatic rings. The zero-order valence-electron chi connectivity index (χ0n) is 13.3. The molecule has 25 heavy (non-hydrogen) atoms. The first-order chi connectivity index (χ1) is 12.2. The number of nitrogens with zero attached hydrogens (tertiary/aromatic N) is 4. The number of aromatic nitrogens is 4. The number of pyridine rings is 2. The van der Waals surface area contributed by atoms with Gasteiger partial charge in [0.25, 0.3) is 0 Å². The van der Waals surface area contributed by atoms with E-state index in [2.05, 4.69) is 30.6 Å². The van der Waals surface area contributed by atoms with Crippen molar-refractivity contribution in [2.75, 3.05) is 17.2 Å². The van der Waals surface area contributed by atoms with E-state index in [-0.39, 0.29) is 12.5 Å². The minimum Gasteiger partial charge on any atom is -0.480 e. The lowest BCUT2D eigenvalue weighted by Crippen LogP contribution is -2.15. The Labute approximate surface area is 144 Å². The van der Waals surface area contributed by atoms with Gasteiger partial charge in [0.2, 0.25) is 5.95 Å². The fraction of sp³-hybridized carbons (Fsp3) is 0.118. The Bertz CT molecular complexity index is 842. The van der Waals surface area contributed by atoms with E-state index in [0.29, 0.717) is 23.8 Å². The van der Waals surface area contributed by atoms with Crippen molar-refractivity contribution < 1.29 is 9.90 Å². The average molecular weight is 336 g/mol. The molecule has 3 rings (SSSR count). The largest absolute Gasteiger partial charge is 0.480 e. The van der Waals surface area contributed by atoms with Gasteiger partial charge in [-0.25, -0.2) is 4.98 Å². The zero-order chi connectivity index (χ0) is 17.5. The first kappa shape index (κ1) is 16.3. The number of hydrogen-bond acceptors (Lipinski definition) is 7. The van der Waals surface area contributed by atoms with Crippen molar-refractivity contribution in [3.8, 4) is 11.4 Å². The number of aliphatic carboxylic acids is 1. The molecule has 0 aliphatic heterocycles. The summed E-state index contributed by atoms with van der Waals surface area (Å²) in [7, 11) is 0. The molecule has 8 nitrogen and oxygen atoms in total. The van der Waals surface area contributed by atoms with Gasteiger partial charge in [0, 0.05) is 18.5 Å². The molecule has 0 aliphatic carbocycles. The standard InChI is InChI=1S/C17H16N6O2/c24-16(25)11-21-17-22-14(13-6-2-4-8-19-13)9-15(23-17)20-10-12-5-1-3-7-18-12/h1-9H,10-11H2,(H,24,25)(H2,20,21,22,23). The first-order valence-electron chi connectivity index (χ1n) is 7.60. The lowest BCUT2D eigenvalue weighted by atomic mass is 10.2. The lowest BCUT2D eigenvalue weighted by Gasteiger charge is -2.10. The molecule has 0 fully saturated rings. The number of carboxylic acid groups (broad SMARTS) is 1. The van der Waals surface area contributed by atoms with Crippen LogP contribution in [0.5, 0.6) is 0 Å². The third kappa shape index (κ3) is 4.71. The van der Waals surface area contributed by atoms with Gasteiger partial charge in [-0.2, -0.15) is 4.98 Å². The van der Waals surface area contributed by atoms with Crippen molar-refractivity contribution in [2.45, 2.75) is 6.54 Å². The Hall–Kier alpha value is -3.55. The molecule has 0 aliphatic rings. The summed E-state index contributed by atoms with van der Waals surface area (Å²) >= 11 is 0. The predicted octanol–water partition coefficient (Wildman–Crippen LogP) is 2.04. The van der Waals surface area contributed by atoms with E-state index in [0.717, 1.165) is 5.69 Å². The van der Waals surface area contributed by atoms with E-state index >= 15 is 0 Å². The Morgan fingerprint density at radius 2 is 1.76 bits per heavy atom. The molecule has 0 saturated heterocycles. The van der Waals surface area contributed by atoms with Crippen LogP contribution in [-0.4, -0.2) is 37.6 Å². The van der Waals surface area contributed by atoms with Crippen LogP contribution < -0.4 is 10.6 Å². The summed E-state index contributed by atoms with van der Waals surface area (Å²) in [6.07, 6.45) is 3.39. The molecule has 0 spiro atoms. The Kier molecular flexibility index (Phi) is 5.10. The van der Waals surface area contributed by atoms with Crippen molar-refractivity contribution in [3.63, 3.8) is 0 Å². The molecule has 0 amide bonds. The molecule has 3 aromatic heterocycles. The van der Waals surface area contributed by atoms with Crippen molar-refractivity contribution >= 4 is 17.7 Å². The van der Waals surface area contributed by atoms with Crippen LogP contribution in [0.1, 0.15) is 5.69 Å². The molecule has 3 N–H and O–H groups in total. The molecule has 0 bridgehead atoms. The predicted molar refractivity (Wildman–Crippen MR) is 93.0 cm³/mol. The normalized spacial score (nSPS) is 10.2. The van der Waals surface area contributed by atoms with E-state index in [1.807, 2.05) is 36.4 Å². The van der Waals surface area contributed by atoms with Crippen LogP contribution in [-0.2, 0) is 11.3 Å². The number of anilines is 2. The number of carboxylic acids is 1. The van der Waals surface area contributed by atoms with E-state index in [1.165, 1.54) is 0 Å². The SMILES string of the molecule is O=C(O)CNc1nc(NCc2ccccn2)cc(-c2ccccn2)n1. The highest BCUT2D eigenvalue weighted by Crippen LogP contribution is 2.19. The fourth-order valence-corrected chi connectivity index (χ4v) is 2.10. The summed E-state index contributed by atoms with van der Waals surface area (Å²) in [5.74, 6) is -0.224. The second kappa shape index (κ2) is 7.82. The van der Waals surface area contributed by atoms with Gasteiger partial charge in [-0.05, 0) is 24.3 Å². The molecule has 3 heterocycles. The minimum absolute atomic E-state index is 0.217. The van der Waals surface area contributed by atoms with Crippen LogP contribution in [0.15, 0.2) is 54.9 Å². The van der Waals surface area contributed by atoms with Crippen LogP contribution >= 0.6 is 0 Å². The maximum absolute atomic E-state index is 10.8. The van der Waals surface area contributed by atoms with Gasteiger partial charge in [-0.3, -0.25) is 14.8 Å². The number of carbonyl (C=O) groups is 1. The molecule has 0 saturated carbocycles. The van der Waals surface area contributed by atoms with E-state index in [4.69, 9.17) is 5.11 Å². The lowest BCUT2D eigenvalue weighted by molar-refractivity contribution is -0.134. The summed E-state index contributed by atoms with van der Waals surface area (Å²) < 4.78 is 0.